The quantitative estimate of drug-likeness (QED) is 0.408. The first-order valence-electron chi connectivity index (χ1n) is 7.14. The van der Waals surface area contributed by atoms with Crippen LogP contribution in [-0.4, -0.2) is 59.9 Å². The van der Waals surface area contributed by atoms with Crippen molar-refractivity contribution in [2.75, 3.05) is 26.4 Å². The van der Waals surface area contributed by atoms with E-state index in [0.717, 1.165) is 12.8 Å². The van der Waals surface area contributed by atoms with Crippen LogP contribution in [0.3, 0.4) is 0 Å². The predicted octanol–water partition coefficient (Wildman–Crippen LogP) is 0.867. The lowest BCUT2D eigenvalue weighted by molar-refractivity contribution is -0.144. The number of rotatable bonds is 10. The molecule has 0 aliphatic carbocycles. The molecule has 0 aromatic carbocycles. The van der Waals surface area contributed by atoms with Crippen molar-refractivity contribution in [3.63, 3.8) is 0 Å². The molecule has 6 nitrogen and oxygen atoms in total. The van der Waals surface area contributed by atoms with Gasteiger partial charge in [-0.25, -0.2) is 0 Å². The smallest absolute Gasteiger partial charge is 0.305 e. The van der Waals surface area contributed by atoms with Crippen LogP contribution < -0.4 is 0 Å². The zero-order valence-electron chi connectivity index (χ0n) is 12.9. The van der Waals surface area contributed by atoms with Crippen molar-refractivity contribution in [2.24, 2.45) is 0 Å². The molecule has 0 aliphatic heterocycles. The summed E-state index contributed by atoms with van der Waals surface area (Å²) < 4.78 is 9.79. The fraction of sp³-hybridized carbons (Fsp3) is 0.929. The monoisotopic (exact) mass is 294 g/mol. The second kappa shape index (κ2) is 16.4. The molecular formula is C14H30O6. The van der Waals surface area contributed by atoms with Crippen molar-refractivity contribution in [3.8, 4) is 0 Å². The van der Waals surface area contributed by atoms with Gasteiger partial charge in [0.25, 0.3) is 0 Å². The summed E-state index contributed by atoms with van der Waals surface area (Å²) in [5.41, 5.74) is 0. The van der Waals surface area contributed by atoms with E-state index in [1.807, 2.05) is 6.92 Å². The highest BCUT2D eigenvalue weighted by atomic mass is 16.5. The molecule has 0 aromatic rings. The maximum Gasteiger partial charge on any atom is 0.305 e. The molecule has 2 atom stereocenters. The fourth-order valence-electron chi connectivity index (χ4n) is 0.982. The zero-order valence-corrected chi connectivity index (χ0v) is 12.9. The molecule has 0 radical (unpaired) electrons. The second-order valence-corrected chi connectivity index (χ2v) is 4.58. The summed E-state index contributed by atoms with van der Waals surface area (Å²) in [4.78, 5) is 10.7. The van der Waals surface area contributed by atoms with E-state index in [2.05, 4.69) is 0 Å². The van der Waals surface area contributed by atoms with Gasteiger partial charge in [-0.3, -0.25) is 4.79 Å². The molecule has 0 fully saturated rings. The number of unbranched alkanes of at least 4 members (excludes halogenated alkanes) is 1. The summed E-state index contributed by atoms with van der Waals surface area (Å²) in [6.07, 6.45) is 2.18. The van der Waals surface area contributed by atoms with E-state index in [1.165, 1.54) is 0 Å². The first-order chi connectivity index (χ1) is 9.47. The first-order valence-corrected chi connectivity index (χ1v) is 7.14. The van der Waals surface area contributed by atoms with Gasteiger partial charge in [0.1, 0.15) is 0 Å². The Morgan fingerprint density at radius 2 is 1.85 bits per heavy atom. The van der Waals surface area contributed by atoms with Crippen molar-refractivity contribution < 1.29 is 29.6 Å². The minimum absolute atomic E-state index is 0.00667. The standard InChI is InChI=1S/C8H16O3.C6H14O3/c1-2-3-7-11-8(10)5-4-6-9;1-5(8)4-9-6(2)3-7/h9H,2-7H2,1H3;5-8H,3-4H2,1-2H3. The van der Waals surface area contributed by atoms with Gasteiger partial charge in [0.05, 0.1) is 32.0 Å². The highest BCUT2D eigenvalue weighted by Crippen LogP contribution is 1.94. The Hall–Kier alpha value is -0.690. The Morgan fingerprint density at radius 1 is 1.20 bits per heavy atom. The topological polar surface area (TPSA) is 96.2 Å². The molecule has 0 heterocycles. The van der Waals surface area contributed by atoms with Gasteiger partial charge >= 0.3 is 5.97 Å². The third kappa shape index (κ3) is 19.6. The third-order valence-electron chi connectivity index (χ3n) is 2.18. The zero-order chi connectivity index (χ0) is 15.8. The van der Waals surface area contributed by atoms with E-state index in [9.17, 15) is 4.79 Å². The maximum atomic E-state index is 10.7. The molecule has 20 heavy (non-hydrogen) atoms. The van der Waals surface area contributed by atoms with Crippen LogP contribution >= 0.6 is 0 Å². The van der Waals surface area contributed by atoms with Gasteiger partial charge < -0.3 is 24.8 Å². The lowest BCUT2D eigenvalue weighted by Gasteiger charge is -2.10. The average molecular weight is 294 g/mol. The number of carbonyl (C=O) groups is 1. The number of hydrogen-bond donors (Lipinski definition) is 3. The van der Waals surface area contributed by atoms with Gasteiger partial charge in [-0.1, -0.05) is 13.3 Å². The van der Waals surface area contributed by atoms with Gasteiger partial charge in [0.2, 0.25) is 0 Å². The van der Waals surface area contributed by atoms with E-state index >= 15 is 0 Å². The molecule has 0 saturated carbocycles. The van der Waals surface area contributed by atoms with Crippen LogP contribution in [0, 0.1) is 0 Å². The van der Waals surface area contributed by atoms with Crippen LogP contribution in [0.5, 0.6) is 0 Å². The summed E-state index contributed by atoms with van der Waals surface area (Å²) in [6.45, 7) is 6.31. The van der Waals surface area contributed by atoms with Crippen molar-refractivity contribution in [3.05, 3.63) is 0 Å². The molecular weight excluding hydrogens is 264 g/mol. The van der Waals surface area contributed by atoms with E-state index in [4.69, 9.17) is 24.8 Å². The molecule has 0 rings (SSSR count). The number of ether oxygens (including phenoxy) is 2. The third-order valence-corrected chi connectivity index (χ3v) is 2.18. The van der Waals surface area contributed by atoms with Crippen LogP contribution in [0.1, 0.15) is 46.5 Å². The first kappa shape index (κ1) is 21.6. The molecule has 2 unspecified atom stereocenters. The Balaban J connectivity index is 0. The van der Waals surface area contributed by atoms with E-state index < -0.39 is 6.10 Å². The molecule has 3 N–H and O–H groups in total. The molecule has 0 spiro atoms. The number of aliphatic hydroxyl groups is 3. The van der Waals surface area contributed by atoms with E-state index in [1.54, 1.807) is 13.8 Å². The number of carbonyl (C=O) groups excluding carboxylic acids is 1. The van der Waals surface area contributed by atoms with Gasteiger partial charge in [-0.05, 0) is 26.7 Å². The van der Waals surface area contributed by atoms with Crippen molar-refractivity contribution in [1.29, 1.82) is 0 Å². The molecule has 6 heteroatoms. The SMILES string of the molecule is CC(O)COC(C)CO.CCCCOC(=O)CCCO. The van der Waals surface area contributed by atoms with E-state index in [-0.39, 0.29) is 25.3 Å². The Labute approximate surface area is 121 Å². The summed E-state index contributed by atoms with van der Waals surface area (Å²) in [6, 6.07) is 0. The largest absolute Gasteiger partial charge is 0.466 e. The van der Waals surface area contributed by atoms with Crippen LogP contribution in [0.4, 0.5) is 0 Å². The molecule has 0 saturated heterocycles. The molecule has 122 valence electrons. The molecule has 0 aromatic heterocycles. The van der Waals surface area contributed by atoms with Gasteiger partial charge in [0, 0.05) is 13.0 Å². The summed E-state index contributed by atoms with van der Waals surface area (Å²) in [5.74, 6) is -0.201. The lowest BCUT2D eigenvalue weighted by atomic mass is 10.3. The van der Waals surface area contributed by atoms with Crippen molar-refractivity contribution >= 4 is 5.97 Å². The Kier molecular flexibility index (Phi) is 17.7. The molecule has 0 aliphatic rings. The van der Waals surface area contributed by atoms with Crippen molar-refractivity contribution in [2.45, 2.75) is 58.7 Å². The number of hydrogen-bond acceptors (Lipinski definition) is 6. The van der Waals surface area contributed by atoms with Crippen LogP contribution in [0.25, 0.3) is 0 Å². The number of aliphatic hydroxyl groups excluding tert-OH is 3. The van der Waals surface area contributed by atoms with Gasteiger partial charge in [-0.15, -0.1) is 0 Å². The van der Waals surface area contributed by atoms with Crippen LogP contribution in [-0.2, 0) is 14.3 Å². The second-order valence-electron chi connectivity index (χ2n) is 4.58. The Morgan fingerprint density at radius 3 is 2.30 bits per heavy atom. The minimum Gasteiger partial charge on any atom is -0.466 e. The summed E-state index contributed by atoms with van der Waals surface area (Å²) in [5, 5.41) is 25.5. The normalized spacial score (nSPS) is 13.1. The van der Waals surface area contributed by atoms with Crippen LogP contribution in [0.15, 0.2) is 0 Å². The lowest BCUT2D eigenvalue weighted by Crippen LogP contribution is -2.19. The minimum atomic E-state index is -0.445. The van der Waals surface area contributed by atoms with Gasteiger partial charge in [0.15, 0.2) is 0 Å². The molecule has 0 bridgehead atoms. The maximum absolute atomic E-state index is 10.7. The number of esters is 1. The van der Waals surface area contributed by atoms with Crippen LogP contribution in [0.2, 0.25) is 0 Å². The average Bonchev–Trinajstić information content (AvgIpc) is 2.43. The molecule has 0 amide bonds. The predicted molar refractivity (Wildman–Crippen MR) is 76.4 cm³/mol. The summed E-state index contributed by atoms with van der Waals surface area (Å²) in [7, 11) is 0. The highest BCUT2D eigenvalue weighted by Gasteiger charge is 2.01. The van der Waals surface area contributed by atoms with Crippen molar-refractivity contribution in [1.82, 2.24) is 0 Å². The Bertz CT molecular complexity index is 208. The highest BCUT2D eigenvalue weighted by molar-refractivity contribution is 5.69. The van der Waals surface area contributed by atoms with Gasteiger partial charge in [-0.2, -0.15) is 0 Å². The fourth-order valence-corrected chi connectivity index (χ4v) is 0.982. The summed E-state index contributed by atoms with van der Waals surface area (Å²) >= 11 is 0. The van der Waals surface area contributed by atoms with E-state index in [0.29, 0.717) is 26.1 Å².